The monoisotopic (exact) mass is 593 g/mol. The minimum absolute atomic E-state index is 0.0144. The lowest BCUT2D eigenvalue weighted by Gasteiger charge is -2.24. The summed E-state index contributed by atoms with van der Waals surface area (Å²) in [6.07, 6.45) is 1.63. The van der Waals surface area contributed by atoms with Crippen LogP contribution in [0, 0.1) is 10.1 Å². The molecule has 2 aromatic carbocycles. The van der Waals surface area contributed by atoms with Gasteiger partial charge in [0.1, 0.15) is 11.5 Å². The molecule has 0 radical (unpaired) electrons. The Balaban J connectivity index is 1.59. The van der Waals surface area contributed by atoms with Crippen molar-refractivity contribution in [2.24, 2.45) is 4.99 Å². The highest BCUT2D eigenvalue weighted by atomic mass is 79.9. The van der Waals surface area contributed by atoms with E-state index < -0.39 is 16.9 Å². The number of furan rings is 1. The number of allylic oxidation sites excluding steroid dienone is 1. The lowest BCUT2D eigenvalue weighted by atomic mass is 9.96. The van der Waals surface area contributed by atoms with Crippen molar-refractivity contribution in [2.75, 3.05) is 6.61 Å². The van der Waals surface area contributed by atoms with Crippen LogP contribution in [0.3, 0.4) is 0 Å². The van der Waals surface area contributed by atoms with Crippen molar-refractivity contribution >= 4 is 45.0 Å². The topological polar surface area (TPSA) is 117 Å². The second-order valence-electron chi connectivity index (χ2n) is 8.36. The first-order valence-electron chi connectivity index (χ1n) is 11.6. The highest BCUT2D eigenvalue weighted by Crippen LogP contribution is 2.31. The standard InChI is InChI=1S/C27H20BrN3O6S/c1-3-36-26(33)23-15(2)29-27-30(24(23)17-4-8-18(28)9-5-17)25(32)22(38-27)14-20-12-13-21(37-20)16-6-10-19(11-7-16)31(34)35/h4-14,24H,3H2,1-2H3/b22-14-/t24-/m0/s1. The first-order valence-corrected chi connectivity index (χ1v) is 13.2. The van der Waals surface area contributed by atoms with Crippen LogP contribution in [0.5, 0.6) is 0 Å². The van der Waals surface area contributed by atoms with E-state index in [2.05, 4.69) is 20.9 Å². The lowest BCUT2D eigenvalue weighted by Crippen LogP contribution is -2.39. The van der Waals surface area contributed by atoms with E-state index in [1.54, 1.807) is 44.2 Å². The van der Waals surface area contributed by atoms with Gasteiger partial charge in [-0.05, 0) is 55.8 Å². The smallest absolute Gasteiger partial charge is 0.338 e. The minimum Gasteiger partial charge on any atom is -0.463 e. The molecule has 11 heteroatoms. The van der Waals surface area contributed by atoms with E-state index in [0.717, 1.165) is 10.0 Å². The number of thiazole rings is 1. The normalized spacial score (nSPS) is 15.2. The third-order valence-electron chi connectivity index (χ3n) is 5.97. The molecule has 38 heavy (non-hydrogen) atoms. The maximum absolute atomic E-state index is 13.7. The maximum Gasteiger partial charge on any atom is 0.338 e. The van der Waals surface area contributed by atoms with Gasteiger partial charge in [-0.25, -0.2) is 9.79 Å². The molecule has 0 saturated carbocycles. The quantitative estimate of drug-likeness (QED) is 0.181. The van der Waals surface area contributed by atoms with Crippen LogP contribution < -0.4 is 14.9 Å². The molecule has 0 saturated heterocycles. The van der Waals surface area contributed by atoms with Crippen molar-refractivity contribution in [3.63, 3.8) is 0 Å². The summed E-state index contributed by atoms with van der Waals surface area (Å²) >= 11 is 4.63. The molecular formula is C27H20BrN3O6S. The molecule has 3 heterocycles. The number of carbonyl (C=O) groups excluding carboxylic acids is 1. The van der Waals surface area contributed by atoms with Crippen molar-refractivity contribution in [2.45, 2.75) is 19.9 Å². The molecule has 5 rings (SSSR count). The summed E-state index contributed by atoms with van der Waals surface area (Å²) in [5, 5.41) is 10.9. The number of ether oxygens (including phenoxy) is 1. The molecule has 0 fully saturated rings. The SMILES string of the molecule is CCOC(=O)C1=C(C)N=c2s/c(=C\c3ccc(-c4ccc([N+](=O)[O-])cc4)o3)c(=O)n2[C@H]1c1ccc(Br)cc1. The Kier molecular flexibility index (Phi) is 6.96. The van der Waals surface area contributed by atoms with Crippen LogP contribution in [0.15, 0.2) is 90.6 Å². The number of non-ortho nitro benzene ring substituents is 1. The van der Waals surface area contributed by atoms with Gasteiger partial charge in [0.15, 0.2) is 4.80 Å². The number of fused-ring (bicyclic) bond motifs is 1. The van der Waals surface area contributed by atoms with Crippen LogP contribution in [-0.4, -0.2) is 22.1 Å². The Morgan fingerprint density at radius 2 is 1.89 bits per heavy atom. The van der Waals surface area contributed by atoms with E-state index in [-0.39, 0.29) is 17.9 Å². The molecule has 0 spiro atoms. The summed E-state index contributed by atoms with van der Waals surface area (Å²) in [6.45, 7) is 3.66. The Labute approximate surface area is 228 Å². The molecule has 1 aliphatic rings. The number of aromatic nitrogens is 1. The van der Waals surface area contributed by atoms with Gasteiger partial charge in [-0.2, -0.15) is 0 Å². The summed E-state index contributed by atoms with van der Waals surface area (Å²) in [4.78, 5) is 42.1. The van der Waals surface area contributed by atoms with E-state index in [1.807, 2.05) is 24.3 Å². The average molecular weight is 594 g/mol. The molecule has 1 atom stereocenters. The van der Waals surface area contributed by atoms with E-state index in [9.17, 15) is 19.7 Å². The van der Waals surface area contributed by atoms with Gasteiger partial charge in [-0.3, -0.25) is 19.5 Å². The zero-order valence-electron chi connectivity index (χ0n) is 20.2. The number of carbonyl (C=O) groups is 1. The van der Waals surface area contributed by atoms with E-state index in [0.29, 0.717) is 37.7 Å². The molecule has 4 aromatic rings. The molecule has 192 valence electrons. The van der Waals surface area contributed by atoms with Crippen molar-refractivity contribution in [3.8, 4) is 11.3 Å². The summed E-state index contributed by atoms with van der Waals surface area (Å²) < 4.78 is 14.0. The number of benzene rings is 2. The second kappa shape index (κ2) is 10.3. The van der Waals surface area contributed by atoms with E-state index in [4.69, 9.17) is 9.15 Å². The summed E-state index contributed by atoms with van der Waals surface area (Å²) in [5.74, 6) is 0.423. The molecule has 0 aliphatic carbocycles. The van der Waals surface area contributed by atoms with E-state index in [1.165, 1.54) is 28.0 Å². The number of rotatable bonds is 6. The number of nitro groups is 1. The molecular weight excluding hydrogens is 574 g/mol. The zero-order chi connectivity index (χ0) is 27.0. The number of hydrogen-bond acceptors (Lipinski definition) is 8. The van der Waals surface area contributed by atoms with Gasteiger partial charge in [0.05, 0.1) is 33.4 Å². The second-order valence-corrected chi connectivity index (χ2v) is 10.3. The molecule has 0 N–H and O–H groups in total. The molecule has 2 aromatic heterocycles. The van der Waals surface area contributed by atoms with Crippen LogP contribution in [-0.2, 0) is 9.53 Å². The van der Waals surface area contributed by atoms with Crippen LogP contribution in [0.25, 0.3) is 17.4 Å². The number of nitrogens with zero attached hydrogens (tertiary/aromatic N) is 3. The zero-order valence-corrected chi connectivity index (χ0v) is 22.6. The van der Waals surface area contributed by atoms with Crippen LogP contribution in [0.1, 0.15) is 31.2 Å². The van der Waals surface area contributed by atoms with Gasteiger partial charge in [-0.15, -0.1) is 0 Å². The van der Waals surface area contributed by atoms with Gasteiger partial charge in [0.25, 0.3) is 11.2 Å². The summed E-state index contributed by atoms with van der Waals surface area (Å²) in [5.41, 5.74) is 1.89. The van der Waals surface area contributed by atoms with Gasteiger partial charge in [0, 0.05) is 28.2 Å². The highest BCUT2D eigenvalue weighted by molar-refractivity contribution is 9.10. The first kappa shape index (κ1) is 25.6. The van der Waals surface area contributed by atoms with Crippen LogP contribution in [0.4, 0.5) is 5.69 Å². The predicted octanol–water partition coefficient (Wildman–Crippen LogP) is 4.73. The first-order chi connectivity index (χ1) is 18.3. The van der Waals surface area contributed by atoms with Gasteiger partial charge in [0.2, 0.25) is 0 Å². The van der Waals surface area contributed by atoms with Crippen LogP contribution in [0.2, 0.25) is 0 Å². The Morgan fingerprint density at radius 1 is 1.18 bits per heavy atom. The van der Waals surface area contributed by atoms with Crippen molar-refractivity contribution in [1.29, 1.82) is 0 Å². The summed E-state index contributed by atoms with van der Waals surface area (Å²) in [6, 6.07) is 16.2. The largest absolute Gasteiger partial charge is 0.463 e. The van der Waals surface area contributed by atoms with Gasteiger partial charge in [-0.1, -0.05) is 39.4 Å². The Morgan fingerprint density at radius 3 is 2.55 bits per heavy atom. The van der Waals surface area contributed by atoms with Crippen molar-refractivity contribution in [1.82, 2.24) is 4.57 Å². The van der Waals surface area contributed by atoms with Crippen molar-refractivity contribution in [3.05, 3.63) is 118 Å². The summed E-state index contributed by atoms with van der Waals surface area (Å²) in [7, 11) is 0. The molecule has 9 nitrogen and oxygen atoms in total. The molecule has 0 bridgehead atoms. The molecule has 0 amide bonds. The average Bonchev–Trinajstić information content (AvgIpc) is 3.48. The number of nitro benzene ring substituents is 1. The third-order valence-corrected chi connectivity index (χ3v) is 7.48. The van der Waals surface area contributed by atoms with Gasteiger partial charge < -0.3 is 9.15 Å². The fraction of sp³-hybridized carbons (Fsp3) is 0.148. The Hall–Kier alpha value is -4.09. The minimum atomic E-state index is -0.701. The third kappa shape index (κ3) is 4.77. The number of esters is 1. The lowest BCUT2D eigenvalue weighted by molar-refractivity contribution is -0.384. The van der Waals surface area contributed by atoms with Crippen molar-refractivity contribution < 1.29 is 18.9 Å². The maximum atomic E-state index is 13.7. The predicted molar refractivity (Wildman–Crippen MR) is 145 cm³/mol. The molecule has 1 aliphatic heterocycles. The molecule has 0 unspecified atom stereocenters. The fourth-order valence-corrected chi connectivity index (χ4v) is 5.51. The van der Waals surface area contributed by atoms with E-state index >= 15 is 0 Å². The number of halogens is 1. The van der Waals surface area contributed by atoms with Crippen LogP contribution >= 0.6 is 27.3 Å². The Bertz CT molecular complexity index is 1760. The fourth-order valence-electron chi connectivity index (χ4n) is 4.21. The highest BCUT2D eigenvalue weighted by Gasteiger charge is 2.33. The van der Waals surface area contributed by atoms with Gasteiger partial charge >= 0.3 is 5.97 Å². The number of hydrogen-bond donors (Lipinski definition) is 0.